The number of halogens is 1. The summed E-state index contributed by atoms with van der Waals surface area (Å²) in [5.74, 6) is 0.312. The van der Waals surface area contributed by atoms with Crippen molar-refractivity contribution in [3.05, 3.63) is 94.9 Å². The van der Waals surface area contributed by atoms with E-state index in [1.807, 2.05) is 50.2 Å². The highest BCUT2D eigenvalue weighted by molar-refractivity contribution is 6.33. The number of carbonyl (C=O) groups excluding carboxylic acids is 2. The average molecular weight is 477 g/mol. The molecule has 0 aliphatic heterocycles. The van der Waals surface area contributed by atoms with E-state index >= 15 is 0 Å². The predicted molar refractivity (Wildman–Crippen MR) is 128 cm³/mol. The van der Waals surface area contributed by atoms with Gasteiger partial charge in [-0.05, 0) is 56.3 Å². The number of benzene rings is 2. The van der Waals surface area contributed by atoms with Crippen LogP contribution in [0.4, 0.5) is 5.69 Å². The smallest absolute Gasteiger partial charge is 0.359 e. The third-order valence-corrected chi connectivity index (χ3v) is 4.99. The maximum atomic E-state index is 12.6. The summed E-state index contributed by atoms with van der Waals surface area (Å²) in [5, 5.41) is 7.14. The highest BCUT2D eigenvalue weighted by atomic mass is 35.5. The number of aryl methyl sites for hydroxylation is 2. The van der Waals surface area contributed by atoms with Gasteiger partial charge in [0.05, 0.1) is 10.7 Å². The van der Waals surface area contributed by atoms with Crippen LogP contribution in [0, 0.1) is 13.8 Å². The number of aromatic nitrogens is 3. The first-order valence-corrected chi connectivity index (χ1v) is 10.8. The molecule has 2 aromatic heterocycles. The third-order valence-electron chi connectivity index (χ3n) is 4.68. The van der Waals surface area contributed by atoms with Gasteiger partial charge in [-0.15, -0.1) is 0 Å². The summed E-state index contributed by atoms with van der Waals surface area (Å²) in [5.41, 5.74) is 2.06. The monoisotopic (exact) mass is 476 g/mol. The van der Waals surface area contributed by atoms with Crippen LogP contribution >= 0.6 is 11.6 Å². The second-order valence-corrected chi connectivity index (χ2v) is 7.81. The van der Waals surface area contributed by atoms with Crippen LogP contribution in [-0.4, -0.2) is 33.2 Å². The predicted octanol–water partition coefficient (Wildman–Crippen LogP) is 5.13. The topological polar surface area (TPSA) is 95.3 Å². The Hall–Kier alpha value is -4.17. The Morgan fingerprint density at radius 1 is 0.971 bits per heavy atom. The van der Waals surface area contributed by atoms with E-state index in [1.54, 1.807) is 35.0 Å². The number of carbonyl (C=O) groups is 2. The Kier molecular flexibility index (Phi) is 6.89. The Balaban J connectivity index is 1.38. The maximum absolute atomic E-state index is 12.6. The van der Waals surface area contributed by atoms with Gasteiger partial charge >= 0.3 is 5.97 Å². The first-order valence-electron chi connectivity index (χ1n) is 10.4. The molecule has 0 bridgehead atoms. The van der Waals surface area contributed by atoms with Crippen molar-refractivity contribution in [2.24, 2.45) is 0 Å². The number of esters is 1. The zero-order chi connectivity index (χ0) is 24.1. The van der Waals surface area contributed by atoms with E-state index in [4.69, 9.17) is 21.1 Å². The molecule has 1 N–H and O–H groups in total. The summed E-state index contributed by atoms with van der Waals surface area (Å²) in [6.07, 6.45) is 0. The number of nitrogens with zero attached hydrogens (tertiary/aromatic N) is 3. The molecule has 8 nitrogen and oxygen atoms in total. The van der Waals surface area contributed by atoms with E-state index in [0.717, 1.165) is 11.4 Å². The lowest BCUT2D eigenvalue weighted by molar-refractivity contribution is -0.119. The van der Waals surface area contributed by atoms with Gasteiger partial charge < -0.3 is 14.8 Å². The molecular weight excluding hydrogens is 456 g/mol. The lowest BCUT2D eigenvalue weighted by Gasteiger charge is -2.10. The first kappa shape index (κ1) is 23.0. The molecule has 0 spiro atoms. The van der Waals surface area contributed by atoms with Gasteiger partial charge in [0.15, 0.2) is 18.1 Å². The van der Waals surface area contributed by atoms with Gasteiger partial charge in [0.2, 0.25) is 0 Å². The molecule has 0 fully saturated rings. The minimum atomic E-state index is -0.815. The number of hydrogen-bond donors (Lipinski definition) is 1. The number of pyridine rings is 1. The van der Waals surface area contributed by atoms with Crippen LogP contribution in [-0.2, 0) is 9.53 Å². The Morgan fingerprint density at radius 3 is 2.47 bits per heavy atom. The summed E-state index contributed by atoms with van der Waals surface area (Å²) in [4.78, 5) is 29.2. The molecule has 4 aromatic rings. The highest BCUT2D eigenvalue weighted by Gasteiger charge is 2.18. The molecule has 4 rings (SSSR count). The molecule has 34 heavy (non-hydrogen) atoms. The quantitative estimate of drug-likeness (QED) is 0.372. The lowest BCUT2D eigenvalue weighted by atomic mass is 10.3. The average Bonchev–Trinajstić information content (AvgIpc) is 3.16. The number of para-hydroxylation sites is 1. The zero-order valence-corrected chi connectivity index (χ0v) is 19.2. The zero-order valence-electron chi connectivity index (χ0n) is 18.5. The molecule has 0 unspecified atom stereocenters. The number of anilines is 1. The minimum absolute atomic E-state index is 0.0993. The summed E-state index contributed by atoms with van der Waals surface area (Å²) >= 11 is 6.15. The molecule has 172 valence electrons. The third kappa shape index (κ3) is 5.60. The fraction of sp³-hybridized carbons (Fsp3) is 0.120. The SMILES string of the molecule is Cc1cc(C)n(-c2ccc(Cl)c(C(=O)OCC(=O)Nc3cccc(Oc4ccccc4)c3)n2)n1. The van der Waals surface area contributed by atoms with Crippen LogP contribution in [0.15, 0.2) is 72.8 Å². The van der Waals surface area contributed by atoms with E-state index in [1.165, 1.54) is 6.07 Å². The largest absolute Gasteiger partial charge is 0.457 e. The molecule has 0 atom stereocenters. The van der Waals surface area contributed by atoms with Crippen LogP contribution in [0.2, 0.25) is 5.02 Å². The fourth-order valence-corrected chi connectivity index (χ4v) is 3.39. The van der Waals surface area contributed by atoms with Crippen LogP contribution in [0.25, 0.3) is 5.82 Å². The highest BCUT2D eigenvalue weighted by Crippen LogP contribution is 2.24. The Morgan fingerprint density at radius 2 is 1.74 bits per heavy atom. The van der Waals surface area contributed by atoms with Crippen LogP contribution < -0.4 is 10.1 Å². The molecule has 2 heterocycles. The van der Waals surface area contributed by atoms with E-state index < -0.39 is 18.5 Å². The van der Waals surface area contributed by atoms with Gasteiger partial charge in [0.1, 0.15) is 11.5 Å². The van der Waals surface area contributed by atoms with Crippen molar-refractivity contribution in [1.29, 1.82) is 0 Å². The van der Waals surface area contributed by atoms with Gasteiger partial charge in [-0.25, -0.2) is 14.5 Å². The molecule has 0 aliphatic rings. The van der Waals surface area contributed by atoms with Gasteiger partial charge in [-0.1, -0.05) is 35.9 Å². The van der Waals surface area contributed by atoms with Gasteiger partial charge in [0.25, 0.3) is 5.91 Å². The summed E-state index contributed by atoms with van der Waals surface area (Å²) in [6, 6.07) is 21.2. The number of ether oxygens (including phenoxy) is 2. The van der Waals surface area contributed by atoms with Gasteiger partial charge in [0, 0.05) is 17.4 Å². The Labute approximate surface area is 201 Å². The number of amides is 1. The van der Waals surface area contributed by atoms with Crippen molar-refractivity contribution in [1.82, 2.24) is 14.8 Å². The summed E-state index contributed by atoms with van der Waals surface area (Å²) in [6.45, 7) is 3.22. The van der Waals surface area contributed by atoms with Crippen LogP contribution in [0.3, 0.4) is 0 Å². The molecule has 9 heteroatoms. The van der Waals surface area contributed by atoms with Gasteiger partial charge in [-0.2, -0.15) is 5.10 Å². The number of hydrogen-bond acceptors (Lipinski definition) is 6. The summed E-state index contributed by atoms with van der Waals surface area (Å²) in [7, 11) is 0. The van der Waals surface area contributed by atoms with E-state index in [9.17, 15) is 9.59 Å². The van der Waals surface area contributed by atoms with Crippen molar-refractivity contribution in [2.75, 3.05) is 11.9 Å². The second kappa shape index (κ2) is 10.2. The van der Waals surface area contributed by atoms with Crippen molar-refractivity contribution >= 4 is 29.2 Å². The molecule has 0 radical (unpaired) electrons. The first-order chi connectivity index (χ1) is 16.4. The summed E-state index contributed by atoms with van der Waals surface area (Å²) < 4.78 is 12.5. The molecule has 0 aliphatic carbocycles. The van der Waals surface area contributed by atoms with E-state index in [-0.39, 0.29) is 10.7 Å². The lowest BCUT2D eigenvalue weighted by Crippen LogP contribution is -2.21. The van der Waals surface area contributed by atoms with E-state index in [2.05, 4.69) is 15.4 Å². The van der Waals surface area contributed by atoms with Crippen molar-refractivity contribution in [3.63, 3.8) is 0 Å². The number of rotatable bonds is 7. The molecule has 2 aromatic carbocycles. The van der Waals surface area contributed by atoms with Crippen LogP contribution in [0.5, 0.6) is 11.5 Å². The molecule has 1 amide bonds. The van der Waals surface area contributed by atoms with Crippen LogP contribution in [0.1, 0.15) is 21.9 Å². The van der Waals surface area contributed by atoms with E-state index in [0.29, 0.717) is 23.0 Å². The normalized spacial score (nSPS) is 10.6. The van der Waals surface area contributed by atoms with Crippen molar-refractivity contribution in [3.8, 4) is 17.3 Å². The minimum Gasteiger partial charge on any atom is -0.457 e. The standard InChI is InChI=1S/C25H21ClN4O4/c1-16-13-17(2)30(29-16)22-12-11-21(26)24(28-22)25(32)33-15-23(31)27-18-7-6-10-20(14-18)34-19-8-4-3-5-9-19/h3-14H,15H2,1-2H3,(H,27,31). The molecular formula is C25H21ClN4O4. The maximum Gasteiger partial charge on any atom is 0.359 e. The number of nitrogens with one attached hydrogen (secondary N) is 1. The molecule has 0 saturated heterocycles. The molecule has 0 saturated carbocycles. The van der Waals surface area contributed by atoms with Gasteiger partial charge in [-0.3, -0.25) is 4.79 Å². The fourth-order valence-electron chi connectivity index (χ4n) is 3.21. The second-order valence-electron chi connectivity index (χ2n) is 7.41. The Bertz CT molecular complexity index is 1340. The van der Waals surface area contributed by atoms with Crippen molar-refractivity contribution in [2.45, 2.75) is 13.8 Å². The van der Waals surface area contributed by atoms with Crippen molar-refractivity contribution < 1.29 is 19.1 Å².